The lowest BCUT2D eigenvalue weighted by Gasteiger charge is -2.02. The standard InChI is InChI=1S/C10H12N2/c1-8-6-9-4-2-3-5-10(9)7-11-12-8/h2-5,11H,6-7H2,1H3. The zero-order valence-electron chi connectivity index (χ0n) is 7.17. The van der Waals surface area contributed by atoms with E-state index in [-0.39, 0.29) is 0 Å². The number of nitrogens with one attached hydrogen (secondary N) is 1. The summed E-state index contributed by atoms with van der Waals surface area (Å²) in [5.74, 6) is 0. The molecular weight excluding hydrogens is 148 g/mol. The minimum Gasteiger partial charge on any atom is -0.306 e. The van der Waals surface area contributed by atoms with Gasteiger partial charge in [-0.05, 0) is 18.1 Å². The van der Waals surface area contributed by atoms with E-state index in [4.69, 9.17) is 0 Å². The van der Waals surface area contributed by atoms with E-state index < -0.39 is 0 Å². The topological polar surface area (TPSA) is 24.4 Å². The minimum absolute atomic E-state index is 0.855. The van der Waals surface area contributed by atoms with Gasteiger partial charge in [-0.25, -0.2) is 0 Å². The van der Waals surface area contributed by atoms with Gasteiger partial charge in [0.25, 0.3) is 0 Å². The first-order valence-electron chi connectivity index (χ1n) is 4.19. The highest BCUT2D eigenvalue weighted by molar-refractivity contribution is 5.84. The molecule has 0 saturated carbocycles. The summed E-state index contributed by atoms with van der Waals surface area (Å²) in [7, 11) is 0. The third kappa shape index (κ3) is 1.33. The Morgan fingerprint density at radius 2 is 2.00 bits per heavy atom. The van der Waals surface area contributed by atoms with Crippen LogP contribution in [-0.2, 0) is 13.0 Å². The van der Waals surface area contributed by atoms with Crippen LogP contribution in [0, 0.1) is 0 Å². The van der Waals surface area contributed by atoms with Crippen LogP contribution in [0.3, 0.4) is 0 Å². The van der Waals surface area contributed by atoms with E-state index in [0.717, 1.165) is 18.7 Å². The Hall–Kier alpha value is -1.31. The van der Waals surface area contributed by atoms with Crippen LogP contribution in [0.25, 0.3) is 0 Å². The van der Waals surface area contributed by atoms with E-state index in [1.807, 2.05) is 0 Å². The highest BCUT2D eigenvalue weighted by Gasteiger charge is 2.05. The molecule has 0 radical (unpaired) electrons. The molecule has 1 aromatic carbocycles. The number of nitrogens with zero attached hydrogens (tertiary/aromatic N) is 1. The van der Waals surface area contributed by atoms with Crippen LogP contribution >= 0.6 is 0 Å². The summed E-state index contributed by atoms with van der Waals surface area (Å²) >= 11 is 0. The van der Waals surface area contributed by atoms with Gasteiger partial charge in [-0.1, -0.05) is 24.3 Å². The predicted molar refractivity (Wildman–Crippen MR) is 50.1 cm³/mol. The molecule has 2 heteroatoms. The Bertz CT molecular complexity index is 315. The van der Waals surface area contributed by atoms with Gasteiger partial charge in [-0.15, -0.1) is 0 Å². The molecule has 1 aliphatic heterocycles. The summed E-state index contributed by atoms with van der Waals surface area (Å²) in [6.45, 7) is 2.91. The monoisotopic (exact) mass is 160 g/mol. The van der Waals surface area contributed by atoms with Gasteiger partial charge >= 0.3 is 0 Å². The molecule has 0 spiro atoms. The summed E-state index contributed by atoms with van der Waals surface area (Å²) in [4.78, 5) is 0. The Balaban J connectivity index is 2.38. The normalized spacial score (nSPS) is 15.6. The maximum Gasteiger partial charge on any atom is 0.0582 e. The van der Waals surface area contributed by atoms with Crippen molar-refractivity contribution < 1.29 is 0 Å². The second kappa shape index (κ2) is 2.97. The molecule has 0 bridgehead atoms. The van der Waals surface area contributed by atoms with Gasteiger partial charge in [0.15, 0.2) is 0 Å². The maximum absolute atomic E-state index is 4.20. The summed E-state index contributed by atoms with van der Waals surface area (Å²) in [5.41, 5.74) is 6.95. The third-order valence-corrected chi connectivity index (χ3v) is 2.10. The lowest BCUT2D eigenvalue weighted by Crippen LogP contribution is -2.04. The number of hydrazone groups is 1. The van der Waals surface area contributed by atoms with Crippen molar-refractivity contribution in [2.75, 3.05) is 0 Å². The Kier molecular flexibility index (Phi) is 1.82. The summed E-state index contributed by atoms with van der Waals surface area (Å²) in [6, 6.07) is 8.47. The predicted octanol–water partition coefficient (Wildman–Crippen LogP) is 1.71. The lowest BCUT2D eigenvalue weighted by molar-refractivity contribution is 0.748. The van der Waals surface area contributed by atoms with Crippen LogP contribution in [0.1, 0.15) is 18.1 Å². The molecule has 0 unspecified atom stereocenters. The van der Waals surface area contributed by atoms with Gasteiger partial charge in [0.2, 0.25) is 0 Å². The van der Waals surface area contributed by atoms with Crippen molar-refractivity contribution in [3.8, 4) is 0 Å². The summed E-state index contributed by atoms with van der Waals surface area (Å²) in [6.07, 6.45) is 0.975. The molecule has 0 atom stereocenters. The zero-order valence-corrected chi connectivity index (χ0v) is 7.17. The van der Waals surface area contributed by atoms with Crippen LogP contribution in [-0.4, -0.2) is 5.71 Å². The largest absolute Gasteiger partial charge is 0.306 e. The first-order valence-corrected chi connectivity index (χ1v) is 4.19. The van der Waals surface area contributed by atoms with Crippen LogP contribution < -0.4 is 5.43 Å². The molecule has 2 rings (SSSR count). The summed E-state index contributed by atoms with van der Waals surface area (Å²) in [5, 5.41) is 4.20. The number of rotatable bonds is 0. The smallest absolute Gasteiger partial charge is 0.0582 e. The third-order valence-electron chi connectivity index (χ3n) is 2.10. The van der Waals surface area contributed by atoms with E-state index in [0.29, 0.717) is 0 Å². The van der Waals surface area contributed by atoms with Crippen molar-refractivity contribution in [2.24, 2.45) is 5.10 Å². The zero-order chi connectivity index (χ0) is 8.39. The van der Waals surface area contributed by atoms with Gasteiger partial charge < -0.3 is 5.43 Å². The van der Waals surface area contributed by atoms with Gasteiger partial charge in [0, 0.05) is 12.1 Å². The van der Waals surface area contributed by atoms with Crippen molar-refractivity contribution in [2.45, 2.75) is 19.9 Å². The van der Waals surface area contributed by atoms with E-state index >= 15 is 0 Å². The van der Waals surface area contributed by atoms with Gasteiger partial charge in [0.1, 0.15) is 0 Å². The Morgan fingerprint density at radius 3 is 2.83 bits per heavy atom. The first-order chi connectivity index (χ1) is 5.86. The van der Waals surface area contributed by atoms with Crippen LogP contribution in [0.4, 0.5) is 0 Å². The summed E-state index contributed by atoms with van der Waals surface area (Å²) < 4.78 is 0. The SMILES string of the molecule is CC1=NNCc2ccccc2C1. The highest BCUT2D eigenvalue weighted by Crippen LogP contribution is 2.11. The second-order valence-electron chi connectivity index (χ2n) is 3.13. The van der Waals surface area contributed by atoms with Crippen molar-refractivity contribution in [3.05, 3.63) is 35.4 Å². The lowest BCUT2D eigenvalue weighted by atomic mass is 10.0. The molecule has 1 aliphatic rings. The number of hydrogen-bond donors (Lipinski definition) is 1. The Morgan fingerprint density at radius 1 is 1.25 bits per heavy atom. The Labute approximate surface area is 72.3 Å². The van der Waals surface area contributed by atoms with E-state index in [9.17, 15) is 0 Å². The first kappa shape index (κ1) is 7.35. The van der Waals surface area contributed by atoms with E-state index in [1.54, 1.807) is 0 Å². The molecule has 0 fully saturated rings. The molecular formula is C10H12N2. The van der Waals surface area contributed by atoms with Gasteiger partial charge in [0.05, 0.1) is 6.54 Å². The molecule has 0 aromatic heterocycles. The maximum atomic E-state index is 4.20. The second-order valence-corrected chi connectivity index (χ2v) is 3.13. The van der Waals surface area contributed by atoms with Crippen LogP contribution in [0.15, 0.2) is 29.4 Å². The quantitative estimate of drug-likeness (QED) is 0.614. The van der Waals surface area contributed by atoms with E-state index in [1.165, 1.54) is 11.1 Å². The molecule has 0 amide bonds. The van der Waals surface area contributed by atoms with Gasteiger partial charge in [-0.2, -0.15) is 5.10 Å². The molecule has 1 N–H and O–H groups in total. The molecule has 2 nitrogen and oxygen atoms in total. The number of fused-ring (bicyclic) bond motifs is 1. The van der Waals surface area contributed by atoms with Crippen molar-refractivity contribution >= 4 is 5.71 Å². The molecule has 12 heavy (non-hydrogen) atoms. The molecule has 1 heterocycles. The average molecular weight is 160 g/mol. The number of hydrogen-bond acceptors (Lipinski definition) is 2. The highest BCUT2D eigenvalue weighted by atomic mass is 15.3. The fraction of sp³-hybridized carbons (Fsp3) is 0.300. The van der Waals surface area contributed by atoms with Crippen molar-refractivity contribution in [1.29, 1.82) is 0 Å². The van der Waals surface area contributed by atoms with Crippen LogP contribution in [0.5, 0.6) is 0 Å². The van der Waals surface area contributed by atoms with Gasteiger partial charge in [-0.3, -0.25) is 0 Å². The molecule has 62 valence electrons. The molecule has 0 saturated heterocycles. The fourth-order valence-electron chi connectivity index (χ4n) is 1.48. The van der Waals surface area contributed by atoms with Crippen molar-refractivity contribution in [3.63, 3.8) is 0 Å². The average Bonchev–Trinajstić information content (AvgIpc) is 2.25. The fourth-order valence-corrected chi connectivity index (χ4v) is 1.48. The van der Waals surface area contributed by atoms with Crippen LogP contribution in [0.2, 0.25) is 0 Å². The number of benzene rings is 1. The van der Waals surface area contributed by atoms with Crippen molar-refractivity contribution in [1.82, 2.24) is 5.43 Å². The molecule has 0 aliphatic carbocycles. The minimum atomic E-state index is 0.855. The molecule has 1 aromatic rings. The van der Waals surface area contributed by atoms with E-state index in [2.05, 4.69) is 41.7 Å².